The fourth-order valence-electron chi connectivity index (χ4n) is 6.86. The van der Waals surface area contributed by atoms with Gasteiger partial charge < -0.3 is 39.4 Å². The monoisotopic (exact) mass is 861 g/mol. The Morgan fingerprint density at radius 2 is 0.967 bits per heavy atom. The van der Waals surface area contributed by atoms with Crippen molar-refractivity contribution in [3.05, 3.63) is 60.8 Å². The molecule has 1 aliphatic heterocycles. The van der Waals surface area contributed by atoms with Crippen LogP contribution in [0.5, 0.6) is 0 Å². The van der Waals surface area contributed by atoms with E-state index in [0.29, 0.717) is 12.8 Å². The summed E-state index contributed by atoms with van der Waals surface area (Å²) in [5.41, 5.74) is 0. The van der Waals surface area contributed by atoms with Crippen LogP contribution in [0.1, 0.15) is 187 Å². The average Bonchev–Trinajstić information content (AvgIpc) is 3.24. The van der Waals surface area contributed by atoms with Crippen LogP contribution in [-0.4, -0.2) is 88.4 Å². The second-order valence-electron chi connectivity index (χ2n) is 16.2. The Balaban J connectivity index is 2.36. The van der Waals surface area contributed by atoms with Crippen molar-refractivity contribution in [2.24, 2.45) is 0 Å². The first-order chi connectivity index (χ1) is 29.7. The third-order valence-corrected chi connectivity index (χ3v) is 10.6. The third-order valence-electron chi connectivity index (χ3n) is 10.6. The lowest BCUT2D eigenvalue weighted by atomic mass is 9.99. The first-order valence-electron chi connectivity index (χ1n) is 23.8. The highest BCUT2D eigenvalue weighted by molar-refractivity contribution is 5.73. The molecule has 0 aromatic heterocycles. The van der Waals surface area contributed by atoms with Crippen LogP contribution < -0.4 is 0 Å². The van der Waals surface area contributed by atoms with Gasteiger partial charge in [0.15, 0.2) is 18.5 Å². The molecule has 350 valence electrons. The Hall–Kier alpha value is -3.09. The van der Waals surface area contributed by atoms with E-state index in [1.165, 1.54) is 57.8 Å². The van der Waals surface area contributed by atoms with E-state index in [1.54, 1.807) is 0 Å². The van der Waals surface area contributed by atoms with Crippen molar-refractivity contribution in [2.75, 3.05) is 13.2 Å². The number of aliphatic carboxylic acids is 1. The van der Waals surface area contributed by atoms with Gasteiger partial charge in [-0.25, -0.2) is 4.79 Å². The van der Waals surface area contributed by atoms with Gasteiger partial charge in [-0.1, -0.05) is 158 Å². The molecule has 0 saturated carbocycles. The molecule has 11 heteroatoms. The summed E-state index contributed by atoms with van der Waals surface area (Å²) in [6.45, 7) is 3.67. The minimum atomic E-state index is -1.87. The number of rotatable bonds is 39. The van der Waals surface area contributed by atoms with Crippen LogP contribution in [0.2, 0.25) is 0 Å². The number of aliphatic hydroxyl groups is 3. The zero-order valence-electron chi connectivity index (χ0n) is 37.9. The van der Waals surface area contributed by atoms with Gasteiger partial charge in [-0.2, -0.15) is 0 Å². The van der Waals surface area contributed by atoms with Crippen LogP contribution in [-0.2, 0) is 33.3 Å². The van der Waals surface area contributed by atoms with Gasteiger partial charge in [0.2, 0.25) is 0 Å². The standard InChI is InChI=1S/C50H84O11/c1-3-5-7-9-11-13-15-17-19-21-23-25-27-29-31-33-35-37-39-44(52)60-42(41-59-50-47(55)45(53)46(54)48(61-50)49(56)57)40-58-43(51)38-36-34-32-30-28-26-24-22-20-18-16-14-12-10-8-6-4-2/h6,8,12-15,18-21,42,45-48,50,53-55H,3-5,7,9-11,16-17,22-41H2,1-2H3,(H,56,57)/b8-6-,14-12-,15-13-,20-18-,21-19-. The average molecular weight is 861 g/mol. The minimum absolute atomic E-state index is 0.169. The molecule has 1 aliphatic rings. The smallest absolute Gasteiger partial charge is 0.335 e. The van der Waals surface area contributed by atoms with Crippen molar-refractivity contribution in [1.29, 1.82) is 0 Å². The van der Waals surface area contributed by atoms with E-state index in [4.69, 9.17) is 18.9 Å². The summed E-state index contributed by atoms with van der Waals surface area (Å²) < 4.78 is 21.8. The van der Waals surface area contributed by atoms with Crippen molar-refractivity contribution < 1.29 is 53.8 Å². The maximum atomic E-state index is 12.8. The van der Waals surface area contributed by atoms with Gasteiger partial charge in [-0.3, -0.25) is 9.59 Å². The molecule has 4 N–H and O–H groups in total. The molecule has 0 aromatic rings. The summed E-state index contributed by atoms with van der Waals surface area (Å²) in [6.07, 6.45) is 39.8. The summed E-state index contributed by atoms with van der Waals surface area (Å²) in [7, 11) is 0. The minimum Gasteiger partial charge on any atom is -0.479 e. The van der Waals surface area contributed by atoms with E-state index in [-0.39, 0.29) is 19.4 Å². The summed E-state index contributed by atoms with van der Waals surface area (Å²) in [6, 6.07) is 0. The van der Waals surface area contributed by atoms with Gasteiger partial charge in [0, 0.05) is 12.8 Å². The highest BCUT2D eigenvalue weighted by Gasteiger charge is 2.47. The number of ether oxygens (including phenoxy) is 4. The number of carbonyl (C=O) groups excluding carboxylic acids is 2. The van der Waals surface area contributed by atoms with Gasteiger partial charge in [0.25, 0.3) is 0 Å². The molecule has 1 heterocycles. The largest absolute Gasteiger partial charge is 0.479 e. The number of carbonyl (C=O) groups is 3. The molecule has 0 radical (unpaired) electrons. The molecule has 0 bridgehead atoms. The number of hydrogen-bond acceptors (Lipinski definition) is 10. The van der Waals surface area contributed by atoms with Crippen LogP contribution in [0.15, 0.2) is 60.8 Å². The zero-order valence-corrected chi connectivity index (χ0v) is 37.9. The van der Waals surface area contributed by atoms with Gasteiger partial charge in [0.05, 0.1) is 6.61 Å². The van der Waals surface area contributed by atoms with Crippen molar-refractivity contribution in [3.8, 4) is 0 Å². The SMILES string of the molecule is CC/C=C\C/C=C\C/C=C\CCCCCCCCCC(=O)OCC(COC1OC(C(=O)O)C(O)C(O)C1O)OC(=O)CCCCCCCCC/C=C\C/C=C\CCCCCC. The number of carboxylic acids is 1. The normalized spacial score (nSPS) is 20.2. The first kappa shape index (κ1) is 55.9. The van der Waals surface area contributed by atoms with E-state index in [2.05, 4.69) is 74.6 Å². The van der Waals surface area contributed by atoms with Crippen molar-refractivity contribution in [2.45, 2.75) is 224 Å². The highest BCUT2D eigenvalue weighted by Crippen LogP contribution is 2.23. The van der Waals surface area contributed by atoms with Crippen LogP contribution in [0, 0.1) is 0 Å². The van der Waals surface area contributed by atoms with E-state index in [9.17, 15) is 34.8 Å². The Morgan fingerprint density at radius 1 is 0.525 bits per heavy atom. The predicted molar refractivity (Wildman–Crippen MR) is 243 cm³/mol. The Bertz CT molecular complexity index is 1240. The number of aliphatic hydroxyl groups excluding tert-OH is 3. The number of hydrogen-bond donors (Lipinski definition) is 4. The molecule has 0 aliphatic carbocycles. The van der Waals surface area contributed by atoms with Crippen molar-refractivity contribution in [1.82, 2.24) is 0 Å². The number of unbranched alkanes of at least 4 members (excludes halogenated alkanes) is 18. The highest BCUT2D eigenvalue weighted by atomic mass is 16.7. The van der Waals surface area contributed by atoms with E-state index in [1.807, 2.05) is 0 Å². The lowest BCUT2D eigenvalue weighted by Gasteiger charge is -2.38. The van der Waals surface area contributed by atoms with E-state index >= 15 is 0 Å². The van der Waals surface area contributed by atoms with Gasteiger partial charge in [-0.15, -0.1) is 0 Å². The molecular formula is C50H84O11. The molecule has 0 amide bonds. The zero-order chi connectivity index (χ0) is 44.6. The van der Waals surface area contributed by atoms with Crippen LogP contribution in [0.25, 0.3) is 0 Å². The summed E-state index contributed by atoms with van der Waals surface area (Å²) in [5, 5.41) is 39.9. The Labute approximate surface area is 368 Å². The summed E-state index contributed by atoms with van der Waals surface area (Å²) in [4.78, 5) is 36.9. The predicted octanol–water partition coefficient (Wildman–Crippen LogP) is 10.7. The first-order valence-corrected chi connectivity index (χ1v) is 23.8. The molecule has 1 saturated heterocycles. The lowest BCUT2D eigenvalue weighted by molar-refractivity contribution is -0.298. The van der Waals surface area contributed by atoms with Gasteiger partial charge in [-0.05, 0) is 77.0 Å². The van der Waals surface area contributed by atoms with Crippen LogP contribution in [0.3, 0.4) is 0 Å². The van der Waals surface area contributed by atoms with Gasteiger partial charge in [0.1, 0.15) is 24.9 Å². The quantitative estimate of drug-likeness (QED) is 0.0264. The molecule has 1 fully saturated rings. The molecule has 11 nitrogen and oxygen atoms in total. The van der Waals surface area contributed by atoms with E-state index < -0.39 is 61.3 Å². The molecule has 0 aromatic carbocycles. The fraction of sp³-hybridized carbons (Fsp3) is 0.740. The summed E-state index contributed by atoms with van der Waals surface area (Å²) >= 11 is 0. The summed E-state index contributed by atoms with van der Waals surface area (Å²) in [5.74, 6) is -2.47. The maximum absolute atomic E-state index is 12.8. The molecule has 61 heavy (non-hydrogen) atoms. The lowest BCUT2D eigenvalue weighted by Crippen LogP contribution is -2.60. The molecular weight excluding hydrogens is 777 g/mol. The number of esters is 2. The number of allylic oxidation sites excluding steroid dienone is 10. The van der Waals surface area contributed by atoms with Crippen molar-refractivity contribution >= 4 is 17.9 Å². The Morgan fingerprint density at radius 3 is 1.46 bits per heavy atom. The molecule has 1 rings (SSSR count). The topological polar surface area (TPSA) is 169 Å². The van der Waals surface area contributed by atoms with Crippen LogP contribution >= 0.6 is 0 Å². The molecule has 6 unspecified atom stereocenters. The molecule has 0 spiro atoms. The van der Waals surface area contributed by atoms with Crippen molar-refractivity contribution in [3.63, 3.8) is 0 Å². The third kappa shape index (κ3) is 31.4. The number of carboxylic acid groups (broad SMARTS) is 1. The fourth-order valence-corrected chi connectivity index (χ4v) is 6.86. The van der Waals surface area contributed by atoms with Crippen LogP contribution in [0.4, 0.5) is 0 Å². The van der Waals surface area contributed by atoms with E-state index in [0.717, 1.165) is 89.9 Å². The second-order valence-corrected chi connectivity index (χ2v) is 16.2. The maximum Gasteiger partial charge on any atom is 0.335 e. The van der Waals surface area contributed by atoms with Gasteiger partial charge >= 0.3 is 17.9 Å². The molecule has 6 atom stereocenters. The Kier molecular flexibility index (Phi) is 36.4. The second kappa shape index (κ2) is 39.7.